The Morgan fingerprint density at radius 3 is 2.75 bits per heavy atom. The molecule has 88 valence electrons. The van der Waals surface area contributed by atoms with Gasteiger partial charge in [0.15, 0.2) is 0 Å². The highest BCUT2D eigenvalue weighted by molar-refractivity contribution is 5.25. The van der Waals surface area contributed by atoms with Crippen LogP contribution in [-0.2, 0) is 13.1 Å². The highest BCUT2D eigenvalue weighted by Gasteiger charge is 2.30. The van der Waals surface area contributed by atoms with Gasteiger partial charge in [0.2, 0.25) is 0 Å². The third-order valence-electron chi connectivity index (χ3n) is 4.26. The molecule has 1 aromatic heterocycles. The number of fused-ring (bicyclic) bond motifs is 1. The first-order valence-electron chi connectivity index (χ1n) is 6.60. The van der Waals surface area contributed by atoms with Crippen LogP contribution in [0.15, 0.2) is 0 Å². The summed E-state index contributed by atoms with van der Waals surface area (Å²) in [6, 6.07) is 0. The zero-order chi connectivity index (χ0) is 11.1. The van der Waals surface area contributed by atoms with Gasteiger partial charge in [-0.15, -0.1) is 0 Å². The van der Waals surface area contributed by atoms with Gasteiger partial charge in [-0.2, -0.15) is 0 Å². The summed E-state index contributed by atoms with van der Waals surface area (Å²) in [6.07, 6.45) is 6.63. The summed E-state index contributed by atoms with van der Waals surface area (Å²) < 4.78 is 2.49. The van der Waals surface area contributed by atoms with Crippen LogP contribution in [0, 0.1) is 0 Å². The van der Waals surface area contributed by atoms with Gasteiger partial charge < -0.3 is 10.3 Å². The van der Waals surface area contributed by atoms with Crippen LogP contribution in [0.2, 0.25) is 0 Å². The fraction of sp³-hybridized carbons (Fsp3) is 0.769. The Bertz CT molecular complexity index is 390. The number of imidazole rings is 1. The lowest BCUT2D eigenvalue weighted by molar-refractivity contribution is 0.369. The maximum Gasteiger partial charge on any atom is 0.112 e. The number of aromatic nitrogens is 2. The van der Waals surface area contributed by atoms with Crippen molar-refractivity contribution in [3.05, 3.63) is 17.2 Å². The van der Waals surface area contributed by atoms with Gasteiger partial charge in [0.05, 0.1) is 5.69 Å². The van der Waals surface area contributed by atoms with E-state index in [0.717, 1.165) is 11.6 Å². The van der Waals surface area contributed by atoms with Gasteiger partial charge in [0.1, 0.15) is 5.82 Å². The zero-order valence-electron chi connectivity index (χ0n) is 10.1. The van der Waals surface area contributed by atoms with Crippen LogP contribution < -0.4 is 5.73 Å². The molecular formula is C13H21N3. The maximum absolute atomic E-state index is 5.83. The van der Waals surface area contributed by atoms with Crippen molar-refractivity contribution < 1.29 is 0 Å². The smallest absolute Gasteiger partial charge is 0.112 e. The molecule has 1 unspecified atom stereocenters. The van der Waals surface area contributed by atoms with Crippen LogP contribution >= 0.6 is 0 Å². The molecule has 1 aromatic rings. The van der Waals surface area contributed by atoms with E-state index in [1.165, 1.54) is 50.2 Å². The normalized spacial score (nSPS) is 25.2. The van der Waals surface area contributed by atoms with Crippen LogP contribution in [0.5, 0.6) is 0 Å². The molecule has 2 aliphatic rings. The number of nitrogens with two attached hydrogens (primary N) is 1. The van der Waals surface area contributed by atoms with Gasteiger partial charge in [0, 0.05) is 24.7 Å². The molecule has 3 nitrogen and oxygen atoms in total. The van der Waals surface area contributed by atoms with Crippen molar-refractivity contribution in [1.82, 2.24) is 9.55 Å². The minimum Gasteiger partial charge on any atom is -0.331 e. The van der Waals surface area contributed by atoms with Gasteiger partial charge in [-0.25, -0.2) is 4.98 Å². The molecule has 0 bridgehead atoms. The third-order valence-corrected chi connectivity index (χ3v) is 4.26. The van der Waals surface area contributed by atoms with E-state index in [2.05, 4.69) is 11.5 Å². The number of hydrogen-bond acceptors (Lipinski definition) is 2. The van der Waals surface area contributed by atoms with Crippen molar-refractivity contribution in [2.45, 2.75) is 64.0 Å². The van der Waals surface area contributed by atoms with Crippen LogP contribution in [0.1, 0.15) is 68.1 Å². The van der Waals surface area contributed by atoms with E-state index in [9.17, 15) is 0 Å². The predicted octanol–water partition coefficient (Wildman–Crippen LogP) is 2.51. The van der Waals surface area contributed by atoms with E-state index in [4.69, 9.17) is 10.7 Å². The monoisotopic (exact) mass is 219 g/mol. The summed E-state index contributed by atoms with van der Waals surface area (Å²) in [5, 5.41) is 0. The van der Waals surface area contributed by atoms with Crippen LogP contribution in [0.25, 0.3) is 0 Å². The molecule has 1 fully saturated rings. The van der Waals surface area contributed by atoms with E-state index in [0.29, 0.717) is 12.5 Å². The molecule has 2 heterocycles. The van der Waals surface area contributed by atoms with Gasteiger partial charge in [-0.1, -0.05) is 13.3 Å². The molecule has 3 rings (SSSR count). The Balaban J connectivity index is 2.05. The van der Waals surface area contributed by atoms with Crippen molar-refractivity contribution >= 4 is 0 Å². The van der Waals surface area contributed by atoms with Crippen molar-refractivity contribution in [1.29, 1.82) is 0 Å². The van der Waals surface area contributed by atoms with E-state index in [1.54, 1.807) is 0 Å². The van der Waals surface area contributed by atoms with Gasteiger partial charge >= 0.3 is 0 Å². The molecule has 1 aliphatic heterocycles. The number of hydrogen-bond donors (Lipinski definition) is 1. The van der Waals surface area contributed by atoms with Crippen molar-refractivity contribution in [2.75, 3.05) is 0 Å². The molecule has 0 spiro atoms. The lowest BCUT2D eigenvalue weighted by atomic mass is 9.84. The summed E-state index contributed by atoms with van der Waals surface area (Å²) in [6.45, 7) is 4.08. The first kappa shape index (κ1) is 10.3. The Morgan fingerprint density at radius 1 is 1.31 bits per heavy atom. The quantitative estimate of drug-likeness (QED) is 0.830. The van der Waals surface area contributed by atoms with Crippen molar-refractivity contribution in [2.24, 2.45) is 5.73 Å². The third kappa shape index (κ3) is 1.41. The molecule has 0 saturated heterocycles. The second kappa shape index (κ2) is 3.88. The molecule has 0 aromatic carbocycles. The molecule has 0 amide bonds. The topological polar surface area (TPSA) is 43.8 Å². The Hall–Kier alpha value is -0.830. The van der Waals surface area contributed by atoms with Gasteiger partial charge in [0.25, 0.3) is 0 Å². The minimum atomic E-state index is 0.604. The van der Waals surface area contributed by atoms with Gasteiger partial charge in [-0.05, 0) is 31.6 Å². The fourth-order valence-corrected chi connectivity index (χ4v) is 3.14. The highest BCUT2D eigenvalue weighted by Crippen LogP contribution is 2.40. The average Bonchev–Trinajstić information content (AvgIpc) is 2.56. The van der Waals surface area contributed by atoms with E-state index in [-0.39, 0.29) is 0 Å². The standard InChI is InChI=1S/C13H21N3/c1-9-4-3-7-16-12(9)11(8-14)15-13(16)10-5-2-6-10/h9-10H,2-8,14H2,1H3. The van der Waals surface area contributed by atoms with Crippen LogP contribution in [0.3, 0.4) is 0 Å². The fourth-order valence-electron chi connectivity index (χ4n) is 3.14. The second-order valence-electron chi connectivity index (χ2n) is 5.33. The van der Waals surface area contributed by atoms with E-state index >= 15 is 0 Å². The first-order valence-corrected chi connectivity index (χ1v) is 6.60. The molecule has 16 heavy (non-hydrogen) atoms. The number of rotatable bonds is 2. The van der Waals surface area contributed by atoms with E-state index in [1.807, 2.05) is 0 Å². The molecule has 1 atom stereocenters. The largest absolute Gasteiger partial charge is 0.331 e. The van der Waals surface area contributed by atoms with E-state index < -0.39 is 0 Å². The average molecular weight is 219 g/mol. The molecule has 2 N–H and O–H groups in total. The Morgan fingerprint density at radius 2 is 2.12 bits per heavy atom. The lowest BCUT2D eigenvalue weighted by Gasteiger charge is -2.29. The zero-order valence-corrected chi connectivity index (χ0v) is 10.1. The summed E-state index contributed by atoms with van der Waals surface area (Å²) in [5.74, 6) is 2.71. The van der Waals surface area contributed by atoms with Crippen LogP contribution in [-0.4, -0.2) is 9.55 Å². The maximum atomic E-state index is 5.83. The van der Waals surface area contributed by atoms with Gasteiger partial charge in [-0.3, -0.25) is 0 Å². The minimum absolute atomic E-state index is 0.604. The highest BCUT2D eigenvalue weighted by atomic mass is 15.1. The Labute approximate surface area is 97.0 Å². The van der Waals surface area contributed by atoms with Crippen molar-refractivity contribution in [3.63, 3.8) is 0 Å². The van der Waals surface area contributed by atoms with Crippen molar-refractivity contribution in [3.8, 4) is 0 Å². The lowest BCUT2D eigenvalue weighted by Crippen LogP contribution is -2.20. The molecule has 3 heteroatoms. The number of nitrogens with zero attached hydrogens (tertiary/aromatic N) is 2. The summed E-state index contributed by atoms with van der Waals surface area (Å²) in [5.41, 5.74) is 8.43. The van der Waals surface area contributed by atoms with Crippen LogP contribution in [0.4, 0.5) is 0 Å². The summed E-state index contributed by atoms with van der Waals surface area (Å²) >= 11 is 0. The summed E-state index contributed by atoms with van der Waals surface area (Å²) in [7, 11) is 0. The second-order valence-corrected chi connectivity index (χ2v) is 5.33. The predicted molar refractivity (Wildman–Crippen MR) is 64.4 cm³/mol. The molecule has 0 radical (unpaired) electrons. The first-order chi connectivity index (χ1) is 7.81. The molecule has 1 saturated carbocycles. The molecular weight excluding hydrogens is 198 g/mol. The molecule has 1 aliphatic carbocycles. The Kier molecular flexibility index (Phi) is 2.51. The summed E-state index contributed by atoms with van der Waals surface area (Å²) in [4.78, 5) is 4.82. The SMILES string of the molecule is CC1CCCn2c(C3CCC3)nc(CN)c21.